The molecule has 2 unspecified atom stereocenters. The highest BCUT2D eigenvalue weighted by Crippen LogP contribution is 2.39. The molecule has 42 heavy (non-hydrogen) atoms. The smallest absolute Gasteiger partial charge is 0.274 e. The quantitative estimate of drug-likeness (QED) is 0.232. The van der Waals surface area contributed by atoms with Crippen LogP contribution in [0.1, 0.15) is 42.7 Å². The molecule has 0 spiro atoms. The number of aromatic nitrogens is 3. The molecule has 12 heteroatoms. The molecule has 2 amide bonds. The van der Waals surface area contributed by atoms with Crippen LogP contribution in [0.3, 0.4) is 0 Å². The van der Waals surface area contributed by atoms with E-state index in [0.29, 0.717) is 29.7 Å². The summed E-state index contributed by atoms with van der Waals surface area (Å²) in [5, 5.41) is 4.36. The van der Waals surface area contributed by atoms with Gasteiger partial charge in [-0.05, 0) is 56.5 Å². The zero-order valence-electron chi connectivity index (χ0n) is 22.5. The Kier molecular flexibility index (Phi) is 6.78. The standard InChI is InChI=1S/C30H24F5N5O2/c1-15-8-19(39-26(41)10-17-5-6-21(31)28(35)29(17)39)9-16(2)38(15)30(42)24-13-25(18-4-3-7-36-14-18)40(37-24)20-11-22(32)27(34)23(33)12-20/h3-7,11-16,19H,8-10H2,1-2H3. The molecule has 0 radical (unpaired) electrons. The number of halogens is 5. The third-order valence-electron chi connectivity index (χ3n) is 7.88. The van der Waals surface area contributed by atoms with Crippen LogP contribution in [-0.4, -0.2) is 49.6 Å². The molecule has 2 aliphatic rings. The molecule has 4 aromatic rings. The third kappa shape index (κ3) is 4.50. The van der Waals surface area contributed by atoms with Crippen molar-refractivity contribution < 1.29 is 31.5 Å². The highest BCUT2D eigenvalue weighted by molar-refractivity contribution is 6.02. The van der Waals surface area contributed by atoms with Gasteiger partial charge in [-0.1, -0.05) is 6.07 Å². The lowest BCUT2D eigenvalue weighted by Gasteiger charge is -2.45. The first kappa shape index (κ1) is 27.6. The van der Waals surface area contributed by atoms with Crippen molar-refractivity contribution in [2.24, 2.45) is 0 Å². The van der Waals surface area contributed by atoms with E-state index in [4.69, 9.17) is 0 Å². The van der Waals surface area contributed by atoms with Gasteiger partial charge in [0.25, 0.3) is 5.91 Å². The van der Waals surface area contributed by atoms with Gasteiger partial charge in [-0.3, -0.25) is 14.6 Å². The van der Waals surface area contributed by atoms with Crippen LogP contribution in [0.15, 0.2) is 54.9 Å². The fraction of sp³-hybridized carbons (Fsp3) is 0.267. The maximum atomic E-state index is 14.8. The average molecular weight is 582 g/mol. The Hall–Kier alpha value is -4.61. The number of piperidine rings is 1. The van der Waals surface area contributed by atoms with E-state index in [1.54, 1.807) is 30.9 Å². The minimum atomic E-state index is -1.63. The number of carbonyl (C=O) groups is 2. The van der Waals surface area contributed by atoms with E-state index in [-0.39, 0.29) is 29.4 Å². The Morgan fingerprint density at radius 3 is 2.24 bits per heavy atom. The maximum Gasteiger partial charge on any atom is 0.274 e. The van der Waals surface area contributed by atoms with E-state index >= 15 is 0 Å². The number of pyridine rings is 1. The van der Waals surface area contributed by atoms with Gasteiger partial charge in [0.15, 0.2) is 34.8 Å². The van der Waals surface area contributed by atoms with Crippen LogP contribution in [-0.2, 0) is 11.2 Å². The van der Waals surface area contributed by atoms with Crippen molar-refractivity contribution in [3.63, 3.8) is 0 Å². The Morgan fingerprint density at radius 2 is 1.60 bits per heavy atom. The van der Waals surface area contributed by atoms with Gasteiger partial charge in [-0.25, -0.2) is 26.6 Å². The summed E-state index contributed by atoms with van der Waals surface area (Å²) in [6.07, 6.45) is 3.57. The summed E-state index contributed by atoms with van der Waals surface area (Å²) in [7, 11) is 0. The van der Waals surface area contributed by atoms with Gasteiger partial charge >= 0.3 is 0 Å². The number of rotatable bonds is 4. The van der Waals surface area contributed by atoms with E-state index in [1.165, 1.54) is 29.4 Å². The van der Waals surface area contributed by atoms with E-state index in [9.17, 15) is 31.5 Å². The van der Waals surface area contributed by atoms with Crippen LogP contribution >= 0.6 is 0 Å². The fourth-order valence-electron chi connectivity index (χ4n) is 6.10. The lowest BCUT2D eigenvalue weighted by atomic mass is 9.91. The first-order chi connectivity index (χ1) is 20.0. The number of anilines is 1. The molecular formula is C30H24F5N5O2. The van der Waals surface area contributed by atoms with Crippen molar-refractivity contribution in [3.8, 4) is 16.9 Å². The van der Waals surface area contributed by atoms with E-state index in [2.05, 4.69) is 10.1 Å². The molecule has 2 aliphatic heterocycles. The van der Waals surface area contributed by atoms with E-state index in [0.717, 1.165) is 22.9 Å². The van der Waals surface area contributed by atoms with Gasteiger partial charge in [-0.15, -0.1) is 0 Å². The van der Waals surface area contributed by atoms with Crippen molar-refractivity contribution in [2.75, 3.05) is 4.90 Å². The summed E-state index contributed by atoms with van der Waals surface area (Å²) in [5.41, 5.74) is 0.984. The molecule has 1 saturated heterocycles. The summed E-state index contributed by atoms with van der Waals surface area (Å²) in [4.78, 5) is 33.7. The Balaban J connectivity index is 1.33. The normalized spacial score (nSPS) is 20.3. The highest BCUT2D eigenvalue weighted by atomic mass is 19.2. The molecule has 0 N–H and O–H groups in total. The first-order valence-electron chi connectivity index (χ1n) is 13.3. The number of carbonyl (C=O) groups excluding carboxylic acids is 2. The number of hydrogen-bond acceptors (Lipinski definition) is 4. The Bertz CT molecular complexity index is 1690. The van der Waals surface area contributed by atoms with Crippen LogP contribution in [0.2, 0.25) is 0 Å². The second-order valence-electron chi connectivity index (χ2n) is 10.6. The molecule has 0 bridgehead atoms. The number of nitrogens with zero attached hydrogens (tertiary/aromatic N) is 5. The second kappa shape index (κ2) is 10.3. The van der Waals surface area contributed by atoms with Gasteiger partial charge in [0.05, 0.1) is 23.5 Å². The SMILES string of the molecule is CC1CC(N2C(=O)Cc3ccc(F)c(F)c32)CC(C)N1C(=O)c1cc(-c2cccnc2)n(-c2cc(F)c(F)c(F)c2)n1. The first-order valence-corrected chi connectivity index (χ1v) is 13.3. The number of hydrogen-bond donors (Lipinski definition) is 0. The van der Waals surface area contributed by atoms with Crippen LogP contribution < -0.4 is 4.90 Å². The Labute approximate surface area is 237 Å². The molecule has 4 heterocycles. The Morgan fingerprint density at radius 1 is 0.905 bits per heavy atom. The molecule has 7 nitrogen and oxygen atoms in total. The number of likely N-dealkylation sites (tertiary alicyclic amines) is 1. The van der Waals surface area contributed by atoms with Crippen molar-refractivity contribution in [1.82, 2.24) is 19.7 Å². The molecule has 6 rings (SSSR count). The molecule has 2 atom stereocenters. The van der Waals surface area contributed by atoms with Crippen molar-refractivity contribution >= 4 is 17.5 Å². The minimum Gasteiger partial charge on any atom is -0.332 e. The molecule has 1 fully saturated rings. The van der Waals surface area contributed by atoms with Crippen LogP contribution in [0.5, 0.6) is 0 Å². The number of benzene rings is 2. The predicted molar refractivity (Wildman–Crippen MR) is 142 cm³/mol. The van der Waals surface area contributed by atoms with E-state index in [1.807, 2.05) is 0 Å². The number of amides is 2. The van der Waals surface area contributed by atoms with Gasteiger partial charge in [-0.2, -0.15) is 5.10 Å². The molecule has 0 saturated carbocycles. The molecule has 2 aromatic heterocycles. The second-order valence-corrected chi connectivity index (χ2v) is 10.6. The zero-order chi connectivity index (χ0) is 29.9. The zero-order valence-corrected chi connectivity index (χ0v) is 22.5. The van der Waals surface area contributed by atoms with Crippen LogP contribution in [0.25, 0.3) is 16.9 Å². The molecule has 2 aromatic carbocycles. The summed E-state index contributed by atoms with van der Waals surface area (Å²) >= 11 is 0. The summed E-state index contributed by atoms with van der Waals surface area (Å²) < 4.78 is 71.9. The minimum absolute atomic E-state index is 0.0342. The molecular weight excluding hydrogens is 557 g/mol. The van der Waals surface area contributed by atoms with E-state index < -0.39 is 53.1 Å². The fourth-order valence-corrected chi connectivity index (χ4v) is 6.10. The molecule has 216 valence electrons. The summed E-state index contributed by atoms with van der Waals surface area (Å²) in [6, 6.07) is 7.40. The third-order valence-corrected chi connectivity index (χ3v) is 7.88. The van der Waals surface area contributed by atoms with Gasteiger partial charge in [0, 0.05) is 48.2 Å². The lowest BCUT2D eigenvalue weighted by molar-refractivity contribution is -0.118. The largest absolute Gasteiger partial charge is 0.332 e. The number of fused-ring (bicyclic) bond motifs is 1. The molecule has 0 aliphatic carbocycles. The summed E-state index contributed by atoms with van der Waals surface area (Å²) in [6.45, 7) is 3.57. The van der Waals surface area contributed by atoms with Crippen molar-refractivity contribution in [2.45, 2.75) is 51.2 Å². The predicted octanol–water partition coefficient (Wildman–Crippen LogP) is 5.60. The monoisotopic (exact) mass is 581 g/mol. The van der Waals surface area contributed by atoms with Crippen molar-refractivity contribution in [3.05, 3.63) is 95.2 Å². The van der Waals surface area contributed by atoms with Crippen LogP contribution in [0.4, 0.5) is 27.6 Å². The topological polar surface area (TPSA) is 71.3 Å². The highest BCUT2D eigenvalue weighted by Gasteiger charge is 2.43. The van der Waals surface area contributed by atoms with Gasteiger partial charge in [0.1, 0.15) is 0 Å². The lowest BCUT2D eigenvalue weighted by Crippen LogP contribution is -2.56. The van der Waals surface area contributed by atoms with Gasteiger partial charge < -0.3 is 9.80 Å². The van der Waals surface area contributed by atoms with Crippen LogP contribution in [0, 0.1) is 29.1 Å². The summed E-state index contributed by atoms with van der Waals surface area (Å²) in [5.74, 6) is -7.38. The van der Waals surface area contributed by atoms with Gasteiger partial charge in [0.2, 0.25) is 5.91 Å². The maximum absolute atomic E-state index is 14.8. The average Bonchev–Trinajstić information content (AvgIpc) is 3.55. The van der Waals surface area contributed by atoms with Crippen molar-refractivity contribution in [1.29, 1.82) is 0 Å².